The van der Waals surface area contributed by atoms with E-state index < -0.39 is 6.10 Å². The highest BCUT2D eigenvalue weighted by molar-refractivity contribution is 4.77. The van der Waals surface area contributed by atoms with Gasteiger partial charge in [0.2, 0.25) is 0 Å². The van der Waals surface area contributed by atoms with E-state index in [1.54, 1.807) is 7.11 Å². The van der Waals surface area contributed by atoms with Gasteiger partial charge in [-0.15, -0.1) is 0 Å². The average Bonchev–Trinajstić information content (AvgIpc) is 2.24. The summed E-state index contributed by atoms with van der Waals surface area (Å²) in [7, 11) is 1.63. The minimum Gasteiger partial charge on any atom is -0.389 e. The second-order valence-electron chi connectivity index (χ2n) is 3.28. The fourth-order valence-electron chi connectivity index (χ4n) is 1.04. The van der Waals surface area contributed by atoms with E-state index in [9.17, 15) is 5.11 Å². The molecule has 15 heavy (non-hydrogen) atoms. The quantitative estimate of drug-likeness (QED) is 0.415. The lowest BCUT2D eigenvalue weighted by Crippen LogP contribution is -2.31. The van der Waals surface area contributed by atoms with Crippen LogP contribution in [-0.2, 0) is 9.47 Å². The summed E-state index contributed by atoms with van der Waals surface area (Å²) < 4.78 is 10.0. The standard InChI is InChI=1S/C11H23NO3/c1-3-4-5-6-12-9-11(13)10-15-8-7-14-2/h3-4,11-13H,5-10H2,1-2H3/b4-3+. The first kappa shape index (κ1) is 14.6. The van der Waals surface area contributed by atoms with Gasteiger partial charge in [-0.2, -0.15) is 0 Å². The van der Waals surface area contributed by atoms with Gasteiger partial charge in [0.25, 0.3) is 0 Å². The van der Waals surface area contributed by atoms with Crippen LogP contribution >= 0.6 is 0 Å². The Morgan fingerprint density at radius 2 is 2.20 bits per heavy atom. The number of methoxy groups -OCH3 is 1. The van der Waals surface area contributed by atoms with Crippen molar-refractivity contribution >= 4 is 0 Å². The highest BCUT2D eigenvalue weighted by Crippen LogP contribution is 1.85. The Morgan fingerprint density at radius 3 is 2.87 bits per heavy atom. The van der Waals surface area contributed by atoms with Crippen LogP contribution in [0.25, 0.3) is 0 Å². The molecule has 1 atom stereocenters. The zero-order valence-corrected chi connectivity index (χ0v) is 9.74. The lowest BCUT2D eigenvalue weighted by atomic mass is 10.3. The van der Waals surface area contributed by atoms with Crippen molar-refractivity contribution in [3.8, 4) is 0 Å². The van der Waals surface area contributed by atoms with Crippen molar-refractivity contribution in [2.45, 2.75) is 19.4 Å². The smallest absolute Gasteiger partial charge is 0.0897 e. The second kappa shape index (κ2) is 11.7. The largest absolute Gasteiger partial charge is 0.389 e. The molecule has 0 saturated carbocycles. The Labute approximate surface area is 92.3 Å². The van der Waals surface area contributed by atoms with E-state index in [4.69, 9.17) is 9.47 Å². The van der Waals surface area contributed by atoms with Crippen LogP contribution in [-0.4, -0.2) is 51.2 Å². The summed E-state index contributed by atoms with van der Waals surface area (Å²) in [4.78, 5) is 0. The highest BCUT2D eigenvalue weighted by Gasteiger charge is 2.02. The highest BCUT2D eigenvalue weighted by atomic mass is 16.5. The maximum Gasteiger partial charge on any atom is 0.0897 e. The Morgan fingerprint density at radius 1 is 1.40 bits per heavy atom. The van der Waals surface area contributed by atoms with Gasteiger partial charge in [-0.05, 0) is 19.9 Å². The maximum atomic E-state index is 9.46. The summed E-state index contributed by atoms with van der Waals surface area (Å²) in [5, 5.41) is 12.6. The topological polar surface area (TPSA) is 50.7 Å². The van der Waals surface area contributed by atoms with Crippen LogP contribution in [0.5, 0.6) is 0 Å². The molecule has 0 rings (SSSR count). The normalized spacial score (nSPS) is 13.5. The average molecular weight is 217 g/mol. The molecule has 0 aromatic carbocycles. The van der Waals surface area contributed by atoms with Gasteiger partial charge in [0.15, 0.2) is 0 Å². The van der Waals surface area contributed by atoms with E-state index in [1.807, 2.05) is 13.0 Å². The summed E-state index contributed by atoms with van der Waals surface area (Å²) in [6, 6.07) is 0. The number of ether oxygens (including phenoxy) is 2. The predicted molar refractivity (Wildman–Crippen MR) is 61.0 cm³/mol. The molecule has 0 saturated heterocycles. The Kier molecular flexibility index (Phi) is 11.3. The minimum atomic E-state index is -0.438. The van der Waals surface area contributed by atoms with Gasteiger partial charge >= 0.3 is 0 Å². The van der Waals surface area contributed by atoms with E-state index in [1.165, 1.54) is 0 Å². The van der Waals surface area contributed by atoms with E-state index in [0.29, 0.717) is 26.4 Å². The molecule has 0 bridgehead atoms. The summed E-state index contributed by atoms with van der Waals surface area (Å²) in [6.45, 7) is 4.93. The zero-order valence-electron chi connectivity index (χ0n) is 9.74. The van der Waals surface area contributed by atoms with Gasteiger partial charge in [-0.3, -0.25) is 0 Å². The van der Waals surface area contributed by atoms with E-state index in [2.05, 4.69) is 11.4 Å². The Hall–Kier alpha value is -0.420. The molecule has 4 heteroatoms. The van der Waals surface area contributed by atoms with Crippen LogP contribution in [0.3, 0.4) is 0 Å². The third kappa shape index (κ3) is 11.5. The van der Waals surface area contributed by atoms with Gasteiger partial charge in [0.05, 0.1) is 25.9 Å². The van der Waals surface area contributed by atoms with Gasteiger partial charge < -0.3 is 19.9 Å². The van der Waals surface area contributed by atoms with E-state index in [0.717, 1.165) is 13.0 Å². The van der Waals surface area contributed by atoms with Crippen LogP contribution in [0.1, 0.15) is 13.3 Å². The molecule has 4 nitrogen and oxygen atoms in total. The lowest BCUT2D eigenvalue weighted by molar-refractivity contribution is 0.0139. The molecule has 90 valence electrons. The number of rotatable bonds is 10. The summed E-state index contributed by atoms with van der Waals surface area (Å²) >= 11 is 0. The van der Waals surface area contributed by atoms with E-state index in [-0.39, 0.29) is 0 Å². The Bertz CT molecular complexity index is 151. The van der Waals surface area contributed by atoms with Crippen molar-refractivity contribution in [3.05, 3.63) is 12.2 Å². The van der Waals surface area contributed by atoms with Gasteiger partial charge in [-0.25, -0.2) is 0 Å². The molecule has 0 amide bonds. The van der Waals surface area contributed by atoms with Crippen molar-refractivity contribution in [3.63, 3.8) is 0 Å². The molecule has 0 aromatic heterocycles. The lowest BCUT2D eigenvalue weighted by Gasteiger charge is -2.11. The van der Waals surface area contributed by atoms with Crippen LogP contribution in [0.4, 0.5) is 0 Å². The molecule has 0 radical (unpaired) electrons. The monoisotopic (exact) mass is 217 g/mol. The van der Waals surface area contributed by atoms with Gasteiger partial charge in [0, 0.05) is 13.7 Å². The van der Waals surface area contributed by atoms with Gasteiger partial charge in [-0.1, -0.05) is 12.2 Å². The molecule has 1 unspecified atom stereocenters. The number of aliphatic hydroxyl groups excluding tert-OH is 1. The third-order valence-corrected chi connectivity index (χ3v) is 1.85. The molecule has 0 heterocycles. The molecule has 0 aliphatic rings. The van der Waals surface area contributed by atoms with Crippen LogP contribution in [0.15, 0.2) is 12.2 Å². The fourth-order valence-corrected chi connectivity index (χ4v) is 1.04. The molecule has 0 aliphatic heterocycles. The van der Waals surface area contributed by atoms with Gasteiger partial charge in [0.1, 0.15) is 0 Å². The molecule has 0 spiro atoms. The van der Waals surface area contributed by atoms with Crippen molar-refractivity contribution in [2.75, 3.05) is 40.0 Å². The molecular formula is C11H23NO3. The summed E-state index contributed by atoms with van der Waals surface area (Å²) in [5.41, 5.74) is 0. The number of hydrogen-bond donors (Lipinski definition) is 2. The van der Waals surface area contributed by atoms with Crippen LogP contribution < -0.4 is 5.32 Å². The number of aliphatic hydroxyl groups is 1. The number of nitrogens with one attached hydrogen (secondary N) is 1. The molecule has 2 N–H and O–H groups in total. The van der Waals surface area contributed by atoms with Crippen LogP contribution in [0.2, 0.25) is 0 Å². The molecule has 0 aliphatic carbocycles. The predicted octanol–water partition coefficient (Wildman–Crippen LogP) is 0.566. The minimum absolute atomic E-state index is 0.361. The van der Waals surface area contributed by atoms with Crippen molar-refractivity contribution in [1.82, 2.24) is 5.32 Å². The molecule has 0 fully saturated rings. The SMILES string of the molecule is C/C=C/CCNCC(O)COCCOC. The zero-order chi connectivity index (χ0) is 11.4. The Balaban J connectivity index is 3.14. The number of hydrogen-bond acceptors (Lipinski definition) is 4. The number of allylic oxidation sites excluding steroid dienone is 1. The fraction of sp³-hybridized carbons (Fsp3) is 0.818. The van der Waals surface area contributed by atoms with Crippen molar-refractivity contribution in [2.24, 2.45) is 0 Å². The first-order chi connectivity index (χ1) is 7.31. The summed E-state index contributed by atoms with van der Waals surface area (Å²) in [6.07, 6.45) is 4.67. The third-order valence-electron chi connectivity index (χ3n) is 1.85. The first-order valence-electron chi connectivity index (χ1n) is 5.38. The summed E-state index contributed by atoms with van der Waals surface area (Å²) in [5.74, 6) is 0. The van der Waals surface area contributed by atoms with E-state index >= 15 is 0 Å². The molecule has 0 aromatic rings. The van der Waals surface area contributed by atoms with Crippen molar-refractivity contribution in [1.29, 1.82) is 0 Å². The van der Waals surface area contributed by atoms with Crippen molar-refractivity contribution < 1.29 is 14.6 Å². The maximum absolute atomic E-state index is 9.46. The molecular weight excluding hydrogens is 194 g/mol. The van der Waals surface area contributed by atoms with Crippen LogP contribution in [0, 0.1) is 0 Å². The second-order valence-corrected chi connectivity index (χ2v) is 3.28. The first-order valence-corrected chi connectivity index (χ1v) is 5.38.